The number of furan rings is 1. The first-order valence-corrected chi connectivity index (χ1v) is 22.1. The molecule has 0 saturated heterocycles. The summed E-state index contributed by atoms with van der Waals surface area (Å²) in [7, 11) is 2.43. The fraction of sp³-hybridized carbons (Fsp3) is 0.172. The van der Waals surface area contributed by atoms with Gasteiger partial charge in [0.25, 0.3) is 0 Å². The third-order valence-corrected chi connectivity index (χ3v) is 14.8. The molecule has 1 aliphatic heterocycles. The van der Waals surface area contributed by atoms with E-state index in [0.29, 0.717) is 0 Å². The topological polar surface area (TPSA) is 30.1 Å². The Balaban J connectivity index is 1.13. The summed E-state index contributed by atoms with van der Waals surface area (Å²) in [6, 6.07) is 54.6. The molecular formula is C58H46BN2O. The number of benzene rings is 8. The van der Waals surface area contributed by atoms with E-state index >= 15 is 0 Å². The lowest BCUT2D eigenvalue weighted by Crippen LogP contribution is -2.37. The Morgan fingerprint density at radius 1 is 0.548 bits per heavy atom. The number of rotatable bonds is 3. The average Bonchev–Trinajstić information content (AvgIpc) is 3.94. The van der Waals surface area contributed by atoms with Gasteiger partial charge in [-0.2, -0.15) is 0 Å². The van der Waals surface area contributed by atoms with Crippen molar-refractivity contribution in [1.82, 2.24) is 4.57 Å². The fourth-order valence-corrected chi connectivity index (χ4v) is 11.6. The van der Waals surface area contributed by atoms with Gasteiger partial charge in [0.1, 0.15) is 11.2 Å². The normalized spacial score (nSPS) is 15.1. The zero-order valence-electron chi connectivity index (χ0n) is 36.3. The van der Waals surface area contributed by atoms with Crippen molar-refractivity contribution in [3.05, 3.63) is 173 Å². The number of aromatic nitrogens is 1. The Bertz CT molecular complexity index is 3610. The lowest BCUT2D eigenvalue weighted by molar-refractivity contribution is 0.590. The molecule has 4 heteroatoms. The van der Waals surface area contributed by atoms with Crippen LogP contribution in [0.4, 0.5) is 11.4 Å². The first kappa shape index (κ1) is 35.9. The highest BCUT2D eigenvalue weighted by atomic mass is 16.3. The number of anilines is 2. The van der Waals surface area contributed by atoms with E-state index in [-0.39, 0.29) is 16.2 Å². The third-order valence-electron chi connectivity index (χ3n) is 14.8. The predicted octanol–water partition coefficient (Wildman–Crippen LogP) is 14.0. The van der Waals surface area contributed by atoms with Crippen LogP contribution in [-0.4, -0.2) is 11.8 Å². The van der Waals surface area contributed by atoms with E-state index in [1.807, 2.05) is 0 Å². The summed E-state index contributed by atoms with van der Waals surface area (Å²) in [5.74, 6) is 0. The molecule has 0 unspecified atom stereocenters. The molecule has 3 nitrogen and oxygen atoms in total. The van der Waals surface area contributed by atoms with Crippen molar-refractivity contribution in [2.75, 3.05) is 5.32 Å². The van der Waals surface area contributed by atoms with Gasteiger partial charge in [0.15, 0.2) is 7.28 Å². The quantitative estimate of drug-likeness (QED) is 0.181. The van der Waals surface area contributed by atoms with Crippen LogP contribution in [0.1, 0.15) is 76.3 Å². The second-order valence-corrected chi connectivity index (χ2v) is 20.0. The summed E-state index contributed by atoms with van der Waals surface area (Å²) in [5.41, 5.74) is 24.4. The molecule has 297 valence electrons. The van der Waals surface area contributed by atoms with E-state index in [9.17, 15) is 0 Å². The van der Waals surface area contributed by atoms with Gasteiger partial charge in [0.05, 0.1) is 5.52 Å². The van der Waals surface area contributed by atoms with Gasteiger partial charge < -0.3 is 14.3 Å². The molecule has 13 rings (SSSR count). The van der Waals surface area contributed by atoms with Gasteiger partial charge >= 0.3 is 0 Å². The maximum Gasteiger partial charge on any atom is 0.198 e. The van der Waals surface area contributed by atoms with Crippen LogP contribution in [0.2, 0.25) is 0 Å². The van der Waals surface area contributed by atoms with E-state index in [1.54, 1.807) is 0 Å². The number of hydrogen-bond donors (Lipinski definition) is 1. The minimum Gasteiger partial charge on any atom is -0.456 e. The second kappa shape index (κ2) is 12.0. The Kier molecular flexibility index (Phi) is 6.94. The smallest absolute Gasteiger partial charge is 0.198 e. The molecule has 0 amide bonds. The van der Waals surface area contributed by atoms with Crippen LogP contribution < -0.4 is 16.2 Å². The van der Waals surface area contributed by atoms with Crippen LogP contribution in [0.5, 0.6) is 0 Å². The first-order valence-electron chi connectivity index (χ1n) is 22.1. The summed E-state index contributed by atoms with van der Waals surface area (Å²) in [6.45, 7) is 16.3. The zero-order valence-corrected chi connectivity index (χ0v) is 36.3. The van der Waals surface area contributed by atoms with Crippen molar-refractivity contribution < 1.29 is 4.42 Å². The molecular weight excluding hydrogens is 751 g/mol. The minimum atomic E-state index is -0.144. The Morgan fingerprint density at radius 2 is 1.26 bits per heavy atom. The van der Waals surface area contributed by atoms with Gasteiger partial charge in [-0.15, -0.1) is 0 Å². The summed E-state index contributed by atoms with van der Waals surface area (Å²) < 4.78 is 9.13. The fourth-order valence-electron chi connectivity index (χ4n) is 11.6. The Hall–Kier alpha value is -6.78. The Morgan fingerprint density at radius 3 is 2.05 bits per heavy atom. The molecule has 0 bridgehead atoms. The second-order valence-electron chi connectivity index (χ2n) is 20.0. The molecule has 62 heavy (non-hydrogen) atoms. The number of nitrogens with one attached hydrogen (secondary N) is 1. The first-order chi connectivity index (χ1) is 29.9. The number of para-hydroxylation sites is 1. The highest BCUT2D eigenvalue weighted by molar-refractivity contribution is 6.73. The molecule has 0 atom stereocenters. The maximum absolute atomic E-state index is 6.56. The highest BCUT2D eigenvalue weighted by Gasteiger charge is 2.40. The van der Waals surface area contributed by atoms with Crippen LogP contribution in [-0.2, 0) is 16.2 Å². The average molecular weight is 798 g/mol. The van der Waals surface area contributed by atoms with Crippen molar-refractivity contribution in [2.24, 2.45) is 0 Å². The van der Waals surface area contributed by atoms with Crippen LogP contribution in [0, 0.1) is 0 Å². The van der Waals surface area contributed by atoms with Gasteiger partial charge in [-0.3, -0.25) is 0 Å². The molecule has 0 spiro atoms. The van der Waals surface area contributed by atoms with E-state index in [4.69, 9.17) is 4.42 Å². The van der Waals surface area contributed by atoms with Gasteiger partial charge in [-0.05, 0) is 115 Å². The van der Waals surface area contributed by atoms with Crippen LogP contribution in [0.25, 0.3) is 82.8 Å². The molecule has 10 aromatic rings. The molecule has 8 aromatic carbocycles. The molecule has 0 fully saturated rings. The van der Waals surface area contributed by atoms with Crippen molar-refractivity contribution in [3.8, 4) is 39.1 Å². The molecule has 2 aliphatic carbocycles. The largest absolute Gasteiger partial charge is 0.456 e. The van der Waals surface area contributed by atoms with Crippen LogP contribution in [0.15, 0.2) is 150 Å². The summed E-state index contributed by atoms with van der Waals surface area (Å²) in [4.78, 5) is 0. The maximum atomic E-state index is 6.56. The molecule has 3 aliphatic rings. The van der Waals surface area contributed by atoms with Gasteiger partial charge in [0, 0.05) is 60.5 Å². The van der Waals surface area contributed by atoms with E-state index in [0.717, 1.165) is 38.8 Å². The molecule has 1 radical (unpaired) electrons. The third kappa shape index (κ3) is 4.67. The molecule has 2 aromatic heterocycles. The number of hydrogen-bond acceptors (Lipinski definition) is 2. The molecule has 0 saturated carbocycles. The van der Waals surface area contributed by atoms with Crippen LogP contribution >= 0.6 is 0 Å². The monoisotopic (exact) mass is 797 g/mol. The van der Waals surface area contributed by atoms with Gasteiger partial charge in [-0.1, -0.05) is 151 Å². The van der Waals surface area contributed by atoms with Crippen LogP contribution in [0.3, 0.4) is 0 Å². The summed E-state index contributed by atoms with van der Waals surface area (Å²) >= 11 is 0. The summed E-state index contributed by atoms with van der Waals surface area (Å²) in [5, 5.41) is 8.86. The summed E-state index contributed by atoms with van der Waals surface area (Å²) in [6.07, 6.45) is 0. The number of nitrogens with zero attached hydrogens (tertiary/aromatic N) is 1. The molecule has 3 heterocycles. The lowest BCUT2D eigenvalue weighted by Gasteiger charge is -2.26. The standard InChI is InChI=1S/C58H46BN2O/c1-56(2,3)32-20-22-33(23-21-32)60-47-30-45-39(34-14-8-11-17-42(34)58(45,6)7)28-40(47)36-24-25-38-53-48(27-26-44-52(53)37-16-9-12-18-43(37)57(44,4)5)61-49-29-41-35-15-10-13-19-50(35)62-51(41)31-46(49)59-54(36)55(38)61/h8-31,60H,1-7H3. The highest BCUT2D eigenvalue weighted by Crippen LogP contribution is 2.55. The van der Waals surface area contributed by atoms with Crippen molar-refractivity contribution in [1.29, 1.82) is 0 Å². The van der Waals surface area contributed by atoms with Gasteiger partial charge in [-0.25, -0.2) is 0 Å². The van der Waals surface area contributed by atoms with Crippen molar-refractivity contribution in [3.63, 3.8) is 0 Å². The number of fused-ring (bicyclic) bond motifs is 15. The SMILES string of the molecule is CC(C)(C)c1ccc(Nc2cc3c(cc2-c2ccc4c5c6c(ccc5n5c4c2[B]c2cc4oc7ccccc7c4cc2-5)C(C)(C)c2ccccc2-6)-c2ccccc2C3(C)C)cc1. The minimum absolute atomic E-state index is 0.0710. The van der Waals surface area contributed by atoms with Gasteiger partial charge in [0.2, 0.25) is 0 Å². The van der Waals surface area contributed by atoms with E-state index < -0.39 is 0 Å². The van der Waals surface area contributed by atoms with Crippen molar-refractivity contribution >= 4 is 73.3 Å². The van der Waals surface area contributed by atoms with E-state index in [1.165, 1.54) is 94.2 Å². The molecule has 1 N–H and O–H groups in total. The zero-order chi connectivity index (χ0) is 42.0. The van der Waals surface area contributed by atoms with E-state index in [2.05, 4.69) is 211 Å². The Labute approximate surface area is 363 Å². The lowest BCUT2D eigenvalue weighted by atomic mass is 9.59. The van der Waals surface area contributed by atoms with Crippen molar-refractivity contribution in [2.45, 2.75) is 64.7 Å². The predicted molar refractivity (Wildman–Crippen MR) is 262 cm³/mol.